The van der Waals surface area contributed by atoms with E-state index in [4.69, 9.17) is 4.74 Å². The first-order chi connectivity index (χ1) is 12.4. The number of benzene rings is 1. The Bertz CT molecular complexity index is 925. The summed E-state index contributed by atoms with van der Waals surface area (Å²) < 4.78 is 7.09. The number of aromatic nitrogens is 1. The van der Waals surface area contributed by atoms with Crippen molar-refractivity contribution >= 4 is 5.78 Å². The zero-order valence-corrected chi connectivity index (χ0v) is 15.4. The number of carbonyl (C=O) groups is 1. The Morgan fingerprint density at radius 2 is 1.96 bits per heavy atom. The van der Waals surface area contributed by atoms with E-state index >= 15 is 0 Å². The van der Waals surface area contributed by atoms with E-state index in [-0.39, 0.29) is 24.0 Å². The third-order valence-corrected chi connectivity index (χ3v) is 4.45. The number of carbonyl (C=O) groups excluding carboxylic acids is 1. The molecule has 0 saturated heterocycles. The molecule has 1 fully saturated rings. The number of rotatable bonds is 5. The van der Waals surface area contributed by atoms with Crippen LogP contribution in [0.2, 0.25) is 0 Å². The molecule has 134 valence electrons. The number of pyridine rings is 1. The van der Waals surface area contributed by atoms with Crippen LogP contribution in [-0.4, -0.2) is 17.0 Å². The summed E-state index contributed by atoms with van der Waals surface area (Å²) in [5.74, 6) is 7.39. The average Bonchev–Trinajstić information content (AvgIpc) is 3.42. The zero-order valence-electron chi connectivity index (χ0n) is 15.4. The summed E-state index contributed by atoms with van der Waals surface area (Å²) in [6.45, 7) is 5.29. The fourth-order valence-electron chi connectivity index (χ4n) is 2.85. The molecule has 3 rings (SSSR count). The summed E-state index contributed by atoms with van der Waals surface area (Å²) in [7, 11) is 0. The molecular weight excluding hydrogens is 326 g/mol. The Balaban J connectivity index is 1.80. The lowest BCUT2D eigenvalue weighted by atomic mass is 10.1. The van der Waals surface area contributed by atoms with Crippen molar-refractivity contribution in [2.75, 3.05) is 6.61 Å². The summed E-state index contributed by atoms with van der Waals surface area (Å²) in [6.07, 6.45) is 2.44. The number of aryl methyl sites for hydroxylation is 1. The number of Topliss-reactive ketones (excluding diaryl/α,β-unsaturated/α-hetero) is 1. The Morgan fingerprint density at radius 3 is 2.54 bits per heavy atom. The first kappa shape index (κ1) is 18.0. The lowest BCUT2D eigenvalue weighted by Crippen LogP contribution is -2.25. The number of ether oxygens (including phenoxy) is 1. The highest BCUT2D eigenvalue weighted by molar-refractivity contribution is 5.77. The predicted octanol–water partition coefficient (Wildman–Crippen LogP) is 3.50. The standard InChI is InChI=1S/C22H23NO3/c1-15-12-21(26-14-16(2)24)13-22(25)23(15)17(3)20-10-8-19(9-11-20)7-6-18-4-5-18/h8-13,17-18H,4-5,14H2,1-3H3/t17-/m1/s1. The highest BCUT2D eigenvalue weighted by Gasteiger charge is 2.17. The van der Waals surface area contributed by atoms with E-state index in [0.29, 0.717) is 11.7 Å². The van der Waals surface area contributed by atoms with E-state index in [2.05, 4.69) is 11.8 Å². The van der Waals surface area contributed by atoms with Crippen molar-refractivity contribution < 1.29 is 9.53 Å². The minimum absolute atomic E-state index is 0.0260. The summed E-state index contributed by atoms with van der Waals surface area (Å²) in [6, 6.07) is 11.2. The van der Waals surface area contributed by atoms with Crippen molar-refractivity contribution in [1.29, 1.82) is 0 Å². The SMILES string of the molecule is CC(=O)COc1cc(C)n([C@H](C)c2ccc(C#CC3CC3)cc2)c(=O)c1. The third-order valence-electron chi connectivity index (χ3n) is 4.45. The molecule has 0 N–H and O–H groups in total. The van der Waals surface area contributed by atoms with Crippen molar-refractivity contribution in [1.82, 2.24) is 4.57 Å². The van der Waals surface area contributed by atoms with E-state index in [1.165, 1.54) is 25.8 Å². The predicted molar refractivity (Wildman–Crippen MR) is 101 cm³/mol. The van der Waals surface area contributed by atoms with Gasteiger partial charge in [0.1, 0.15) is 12.4 Å². The average molecular weight is 349 g/mol. The molecule has 0 radical (unpaired) electrons. The molecule has 1 heterocycles. The van der Waals surface area contributed by atoms with Gasteiger partial charge in [0.15, 0.2) is 5.78 Å². The fourth-order valence-corrected chi connectivity index (χ4v) is 2.85. The first-order valence-electron chi connectivity index (χ1n) is 8.91. The van der Waals surface area contributed by atoms with Gasteiger partial charge < -0.3 is 9.30 Å². The minimum Gasteiger partial charge on any atom is -0.486 e. The van der Waals surface area contributed by atoms with Crippen LogP contribution in [0.3, 0.4) is 0 Å². The van der Waals surface area contributed by atoms with Crippen LogP contribution in [0.4, 0.5) is 0 Å². The molecule has 1 atom stereocenters. The quantitative estimate of drug-likeness (QED) is 0.776. The van der Waals surface area contributed by atoms with Gasteiger partial charge in [-0.2, -0.15) is 0 Å². The van der Waals surface area contributed by atoms with Crippen LogP contribution in [0.25, 0.3) is 0 Å². The maximum Gasteiger partial charge on any atom is 0.254 e. The van der Waals surface area contributed by atoms with Gasteiger partial charge in [-0.3, -0.25) is 9.59 Å². The molecule has 2 aromatic rings. The molecule has 26 heavy (non-hydrogen) atoms. The van der Waals surface area contributed by atoms with Crippen LogP contribution in [0, 0.1) is 24.7 Å². The lowest BCUT2D eigenvalue weighted by molar-refractivity contribution is -0.118. The monoisotopic (exact) mass is 349 g/mol. The molecular formula is C22H23NO3. The van der Waals surface area contributed by atoms with Crippen LogP contribution < -0.4 is 10.3 Å². The zero-order chi connectivity index (χ0) is 18.7. The highest BCUT2D eigenvalue weighted by atomic mass is 16.5. The molecule has 4 heteroatoms. The van der Waals surface area contributed by atoms with E-state index in [0.717, 1.165) is 16.8 Å². The summed E-state index contributed by atoms with van der Waals surface area (Å²) in [4.78, 5) is 23.6. The molecule has 1 aliphatic rings. The molecule has 0 unspecified atom stereocenters. The Hall–Kier alpha value is -2.80. The van der Waals surface area contributed by atoms with Gasteiger partial charge in [0, 0.05) is 23.2 Å². The summed E-state index contributed by atoms with van der Waals surface area (Å²) >= 11 is 0. The van der Waals surface area contributed by atoms with E-state index in [1.54, 1.807) is 10.6 Å². The molecule has 4 nitrogen and oxygen atoms in total. The first-order valence-corrected chi connectivity index (χ1v) is 8.91. The van der Waals surface area contributed by atoms with Gasteiger partial charge in [0.25, 0.3) is 5.56 Å². The van der Waals surface area contributed by atoms with Gasteiger partial charge in [-0.05, 0) is 57.4 Å². The van der Waals surface area contributed by atoms with E-state index in [1.807, 2.05) is 38.1 Å². The molecule has 1 saturated carbocycles. The molecule has 0 spiro atoms. The normalized spacial score (nSPS) is 14.3. The van der Waals surface area contributed by atoms with Gasteiger partial charge in [-0.25, -0.2) is 0 Å². The fraction of sp³-hybridized carbons (Fsp3) is 0.364. The van der Waals surface area contributed by atoms with Crippen molar-refractivity contribution in [2.45, 2.75) is 39.7 Å². The number of hydrogen-bond donors (Lipinski definition) is 0. The van der Waals surface area contributed by atoms with Gasteiger partial charge in [-0.15, -0.1) is 0 Å². The van der Waals surface area contributed by atoms with Gasteiger partial charge >= 0.3 is 0 Å². The van der Waals surface area contributed by atoms with Crippen molar-refractivity contribution in [3.05, 3.63) is 63.6 Å². The van der Waals surface area contributed by atoms with Crippen LogP contribution in [0.15, 0.2) is 41.2 Å². The van der Waals surface area contributed by atoms with E-state index in [9.17, 15) is 9.59 Å². The minimum atomic E-state index is -0.145. The van der Waals surface area contributed by atoms with Gasteiger partial charge in [0.05, 0.1) is 6.04 Å². The summed E-state index contributed by atoms with van der Waals surface area (Å²) in [5.41, 5.74) is 2.70. The molecule has 1 aromatic heterocycles. The molecule has 0 amide bonds. The topological polar surface area (TPSA) is 48.3 Å². The van der Waals surface area contributed by atoms with Crippen molar-refractivity contribution in [3.8, 4) is 17.6 Å². The second kappa shape index (κ2) is 7.61. The second-order valence-electron chi connectivity index (χ2n) is 6.87. The van der Waals surface area contributed by atoms with Crippen molar-refractivity contribution in [2.24, 2.45) is 5.92 Å². The van der Waals surface area contributed by atoms with Gasteiger partial charge in [0.2, 0.25) is 0 Å². The second-order valence-corrected chi connectivity index (χ2v) is 6.87. The maximum absolute atomic E-state index is 12.5. The van der Waals surface area contributed by atoms with E-state index < -0.39 is 0 Å². The molecule has 1 aromatic carbocycles. The van der Waals surface area contributed by atoms with Crippen LogP contribution in [0.1, 0.15) is 49.6 Å². The molecule has 0 bridgehead atoms. The van der Waals surface area contributed by atoms with Crippen LogP contribution in [-0.2, 0) is 4.79 Å². The third kappa shape index (κ3) is 4.43. The van der Waals surface area contributed by atoms with Crippen molar-refractivity contribution in [3.63, 3.8) is 0 Å². The van der Waals surface area contributed by atoms with Gasteiger partial charge in [-0.1, -0.05) is 24.0 Å². The number of ketones is 1. The Kier molecular flexibility index (Phi) is 5.27. The number of nitrogens with zero attached hydrogens (tertiary/aromatic N) is 1. The molecule has 1 aliphatic carbocycles. The summed E-state index contributed by atoms with van der Waals surface area (Å²) in [5, 5.41) is 0. The Morgan fingerprint density at radius 1 is 1.27 bits per heavy atom. The smallest absolute Gasteiger partial charge is 0.254 e. The Labute approximate surface area is 153 Å². The highest BCUT2D eigenvalue weighted by Crippen LogP contribution is 2.27. The lowest BCUT2D eigenvalue weighted by Gasteiger charge is -2.19. The van der Waals surface area contributed by atoms with Crippen LogP contribution in [0.5, 0.6) is 5.75 Å². The number of hydrogen-bond acceptors (Lipinski definition) is 3. The van der Waals surface area contributed by atoms with Crippen LogP contribution >= 0.6 is 0 Å². The molecule has 0 aliphatic heterocycles. The maximum atomic E-state index is 12.5. The largest absolute Gasteiger partial charge is 0.486 e.